The van der Waals surface area contributed by atoms with E-state index in [1.165, 1.54) is 29.5 Å². The number of aromatic nitrogens is 6. The van der Waals surface area contributed by atoms with Crippen LogP contribution in [0.4, 0.5) is 14.6 Å². The molecule has 0 saturated carbocycles. The van der Waals surface area contributed by atoms with Crippen molar-refractivity contribution >= 4 is 22.9 Å². The van der Waals surface area contributed by atoms with Gasteiger partial charge in [-0.05, 0) is 85.4 Å². The number of anilines is 1. The van der Waals surface area contributed by atoms with E-state index in [1.54, 1.807) is 12.3 Å². The number of alkyl halides is 2. The lowest BCUT2D eigenvalue weighted by atomic mass is 10.0. The SMILES string of the molecule is C=CC(=O)N1CCC(N[C@H]2CCc3cc(-n4c(-c5cccnc5N)nc5ccc(-c6ccn(C(F)F)n6)nc54)ccc32)CC1. The Kier molecular flexibility index (Phi) is 7.13. The second-order valence-corrected chi connectivity index (χ2v) is 11.1. The van der Waals surface area contributed by atoms with E-state index in [2.05, 4.69) is 40.2 Å². The maximum absolute atomic E-state index is 13.2. The van der Waals surface area contributed by atoms with Crippen molar-refractivity contribution in [2.24, 2.45) is 0 Å². The van der Waals surface area contributed by atoms with E-state index in [1.807, 2.05) is 27.7 Å². The van der Waals surface area contributed by atoms with Gasteiger partial charge in [0, 0.05) is 43.3 Å². The van der Waals surface area contributed by atoms with Gasteiger partial charge in [0.05, 0.1) is 11.3 Å². The van der Waals surface area contributed by atoms with Crippen LogP contribution in [0.3, 0.4) is 0 Å². The lowest BCUT2D eigenvalue weighted by Crippen LogP contribution is -2.45. The second-order valence-electron chi connectivity index (χ2n) is 11.1. The average molecular weight is 596 g/mol. The molecule has 2 aliphatic rings. The number of benzene rings is 1. The summed E-state index contributed by atoms with van der Waals surface area (Å²) in [5.41, 5.74) is 12.3. The minimum Gasteiger partial charge on any atom is -0.383 e. The van der Waals surface area contributed by atoms with Crippen molar-refractivity contribution in [1.29, 1.82) is 0 Å². The summed E-state index contributed by atoms with van der Waals surface area (Å²) in [6, 6.07) is 15.7. The van der Waals surface area contributed by atoms with Gasteiger partial charge in [0.2, 0.25) is 5.91 Å². The van der Waals surface area contributed by atoms with Crippen molar-refractivity contribution < 1.29 is 13.6 Å². The smallest absolute Gasteiger partial charge is 0.333 e. The van der Waals surface area contributed by atoms with Gasteiger partial charge in [0.15, 0.2) is 11.5 Å². The Labute approximate surface area is 252 Å². The van der Waals surface area contributed by atoms with Crippen molar-refractivity contribution in [3.8, 4) is 28.5 Å². The number of imidazole rings is 1. The van der Waals surface area contributed by atoms with Gasteiger partial charge in [-0.15, -0.1) is 0 Å². The van der Waals surface area contributed by atoms with Gasteiger partial charge in [-0.3, -0.25) is 9.36 Å². The second kappa shape index (κ2) is 11.3. The summed E-state index contributed by atoms with van der Waals surface area (Å²) in [5.74, 6) is 0.916. The molecule has 224 valence electrons. The Balaban J connectivity index is 1.24. The molecule has 1 saturated heterocycles. The van der Waals surface area contributed by atoms with Crippen LogP contribution in [0.15, 0.2) is 73.6 Å². The first-order valence-corrected chi connectivity index (χ1v) is 14.6. The number of nitrogens with zero attached hydrogens (tertiary/aromatic N) is 7. The molecule has 1 fully saturated rings. The number of amides is 1. The Morgan fingerprint density at radius 2 is 1.91 bits per heavy atom. The molecule has 0 unspecified atom stereocenters. The number of carbonyl (C=O) groups excluding carboxylic acids is 1. The summed E-state index contributed by atoms with van der Waals surface area (Å²) in [4.78, 5) is 27.8. The Bertz CT molecular complexity index is 1870. The van der Waals surface area contributed by atoms with E-state index in [4.69, 9.17) is 15.7 Å². The number of nitrogen functional groups attached to an aromatic ring is 1. The number of nitrogens with one attached hydrogen (secondary N) is 1. The summed E-state index contributed by atoms with van der Waals surface area (Å²) in [6.45, 7) is 2.32. The van der Waals surface area contributed by atoms with Crippen LogP contribution in [0.1, 0.15) is 43.0 Å². The molecule has 7 rings (SSSR count). The summed E-state index contributed by atoms with van der Waals surface area (Å²) >= 11 is 0. The maximum atomic E-state index is 13.2. The summed E-state index contributed by atoms with van der Waals surface area (Å²) < 4.78 is 29.0. The Hall–Kier alpha value is -4.97. The number of fused-ring (bicyclic) bond motifs is 2. The van der Waals surface area contributed by atoms with Gasteiger partial charge < -0.3 is 16.0 Å². The zero-order valence-corrected chi connectivity index (χ0v) is 23.9. The fraction of sp³-hybridized carbons (Fsp3) is 0.281. The van der Waals surface area contributed by atoms with Crippen LogP contribution >= 0.6 is 0 Å². The lowest BCUT2D eigenvalue weighted by molar-refractivity contribution is -0.127. The van der Waals surface area contributed by atoms with E-state index in [0.717, 1.165) is 44.5 Å². The summed E-state index contributed by atoms with van der Waals surface area (Å²) in [5, 5.41) is 7.84. The number of likely N-dealkylation sites (tertiary alicyclic amines) is 1. The quantitative estimate of drug-likeness (QED) is 0.252. The molecule has 10 nitrogen and oxygen atoms in total. The maximum Gasteiger partial charge on any atom is 0.333 e. The molecule has 3 N–H and O–H groups in total. The van der Waals surface area contributed by atoms with Crippen LogP contribution in [0.2, 0.25) is 0 Å². The zero-order valence-electron chi connectivity index (χ0n) is 23.9. The summed E-state index contributed by atoms with van der Waals surface area (Å²) in [7, 11) is 0. The van der Waals surface area contributed by atoms with Gasteiger partial charge >= 0.3 is 6.55 Å². The number of nitrogens with two attached hydrogens (primary N) is 1. The number of piperidine rings is 1. The monoisotopic (exact) mass is 595 g/mol. The number of hydrogen-bond acceptors (Lipinski definition) is 7. The van der Waals surface area contributed by atoms with Gasteiger partial charge in [0.1, 0.15) is 17.0 Å². The minimum atomic E-state index is -2.74. The van der Waals surface area contributed by atoms with Crippen LogP contribution in [0.25, 0.3) is 39.6 Å². The molecule has 5 aromatic rings. The lowest BCUT2D eigenvalue weighted by Gasteiger charge is -2.33. The molecule has 0 spiro atoms. The molecule has 1 aromatic carbocycles. The zero-order chi connectivity index (χ0) is 30.4. The molecule has 0 radical (unpaired) electrons. The third-order valence-corrected chi connectivity index (χ3v) is 8.54. The fourth-order valence-electron chi connectivity index (χ4n) is 6.31. The molecule has 1 amide bonds. The van der Waals surface area contributed by atoms with Crippen molar-refractivity contribution in [2.45, 2.75) is 44.3 Å². The number of pyridine rings is 2. The third-order valence-electron chi connectivity index (χ3n) is 8.54. The predicted octanol–water partition coefficient (Wildman–Crippen LogP) is 5.08. The number of carbonyl (C=O) groups is 1. The highest BCUT2D eigenvalue weighted by atomic mass is 19.3. The molecule has 12 heteroatoms. The molecule has 1 aliphatic heterocycles. The highest BCUT2D eigenvalue weighted by Gasteiger charge is 2.29. The van der Waals surface area contributed by atoms with Gasteiger partial charge in [0.25, 0.3) is 0 Å². The largest absolute Gasteiger partial charge is 0.383 e. The van der Waals surface area contributed by atoms with Crippen molar-refractivity contribution in [3.05, 3.63) is 84.7 Å². The van der Waals surface area contributed by atoms with E-state index in [9.17, 15) is 13.6 Å². The predicted molar refractivity (Wildman–Crippen MR) is 163 cm³/mol. The van der Waals surface area contributed by atoms with Crippen molar-refractivity contribution in [1.82, 2.24) is 39.5 Å². The first kappa shape index (κ1) is 27.8. The highest BCUT2D eigenvalue weighted by Crippen LogP contribution is 2.37. The van der Waals surface area contributed by atoms with Crippen LogP contribution in [0, 0.1) is 0 Å². The molecule has 0 bridgehead atoms. The first-order valence-electron chi connectivity index (χ1n) is 14.6. The van der Waals surface area contributed by atoms with Gasteiger partial charge in [-0.1, -0.05) is 12.6 Å². The first-order chi connectivity index (χ1) is 21.4. The standard InChI is InChI=1S/C32H31F2N9O/c1-2-28(44)41-15-11-20(12-16-41)37-24-8-5-19-18-21(6-7-22(19)24)43-30(23-4-3-14-36-29(23)35)39-27-10-9-25(38-31(27)43)26-13-17-42(40-26)32(33)34/h2-4,6-7,9-10,13-14,17-18,20,24,32,37H,1,5,8,11-12,15-16H2,(H2,35,36)/t24-/m0/s1. The van der Waals surface area contributed by atoms with Crippen molar-refractivity contribution in [2.75, 3.05) is 18.8 Å². The van der Waals surface area contributed by atoms with E-state index in [-0.39, 0.29) is 11.9 Å². The number of hydrogen-bond donors (Lipinski definition) is 2. The minimum absolute atomic E-state index is 0.00827. The average Bonchev–Trinajstić information content (AvgIpc) is 3.78. The number of rotatable bonds is 7. The Morgan fingerprint density at radius 3 is 2.66 bits per heavy atom. The molecule has 1 atom stereocenters. The molecule has 1 aliphatic carbocycles. The molecular formula is C32H31F2N9O. The van der Waals surface area contributed by atoms with Crippen LogP contribution in [-0.4, -0.2) is 59.2 Å². The van der Waals surface area contributed by atoms with Crippen LogP contribution < -0.4 is 11.1 Å². The number of halogens is 2. The normalized spacial score (nSPS) is 17.0. The Morgan fingerprint density at radius 1 is 1.07 bits per heavy atom. The van der Waals surface area contributed by atoms with Gasteiger partial charge in [-0.25, -0.2) is 19.6 Å². The molecule has 5 heterocycles. The fourth-order valence-corrected chi connectivity index (χ4v) is 6.31. The van der Waals surface area contributed by atoms with Crippen LogP contribution in [0.5, 0.6) is 0 Å². The van der Waals surface area contributed by atoms with E-state index in [0.29, 0.717) is 50.5 Å². The number of aryl methyl sites for hydroxylation is 1. The van der Waals surface area contributed by atoms with E-state index >= 15 is 0 Å². The molecule has 4 aromatic heterocycles. The van der Waals surface area contributed by atoms with E-state index < -0.39 is 6.55 Å². The topological polar surface area (TPSA) is 120 Å². The summed E-state index contributed by atoms with van der Waals surface area (Å²) in [6.07, 6.45) is 7.95. The molecular weight excluding hydrogens is 564 g/mol. The molecule has 44 heavy (non-hydrogen) atoms. The third kappa shape index (κ3) is 5.00. The highest BCUT2D eigenvalue weighted by molar-refractivity contribution is 5.87. The van der Waals surface area contributed by atoms with Gasteiger partial charge in [-0.2, -0.15) is 13.9 Å². The van der Waals surface area contributed by atoms with Crippen LogP contribution in [-0.2, 0) is 11.2 Å². The van der Waals surface area contributed by atoms with Crippen molar-refractivity contribution in [3.63, 3.8) is 0 Å².